The minimum atomic E-state index is -3.64. The summed E-state index contributed by atoms with van der Waals surface area (Å²) in [5, 5.41) is 2.83. The number of ether oxygens (including phenoxy) is 1. The normalized spacial score (nSPS) is 17.9. The van der Waals surface area contributed by atoms with Crippen molar-refractivity contribution in [1.82, 2.24) is 9.62 Å². The molecule has 196 valence electrons. The molecule has 0 aromatic heterocycles. The molecule has 1 saturated carbocycles. The monoisotopic (exact) mass is 520 g/mol. The lowest BCUT2D eigenvalue weighted by atomic mass is 9.87. The maximum absolute atomic E-state index is 13.6. The van der Waals surface area contributed by atoms with Crippen LogP contribution in [0.4, 0.5) is 4.79 Å². The van der Waals surface area contributed by atoms with Gasteiger partial charge in [0.15, 0.2) is 0 Å². The quantitative estimate of drug-likeness (QED) is 0.377. The Hall–Kier alpha value is -3.16. The number of nitrogens with one attached hydrogen (secondary N) is 1. The van der Waals surface area contributed by atoms with Crippen LogP contribution >= 0.6 is 0 Å². The van der Waals surface area contributed by atoms with E-state index in [1.54, 1.807) is 28.6 Å². The van der Waals surface area contributed by atoms with Crippen molar-refractivity contribution in [2.75, 3.05) is 6.54 Å². The highest BCUT2D eigenvalue weighted by Crippen LogP contribution is 2.30. The van der Waals surface area contributed by atoms with Crippen LogP contribution in [0.1, 0.15) is 47.9 Å². The molecule has 0 saturated heterocycles. The highest BCUT2D eigenvalue weighted by Gasteiger charge is 2.30. The third-order valence-corrected chi connectivity index (χ3v) is 8.74. The first-order valence-electron chi connectivity index (χ1n) is 12.9. The largest absolute Gasteiger partial charge is 0.446 e. The van der Waals surface area contributed by atoms with E-state index in [0.717, 1.165) is 42.4 Å². The first-order chi connectivity index (χ1) is 17.8. The molecule has 0 atom stereocenters. The number of benzene rings is 3. The van der Waals surface area contributed by atoms with E-state index in [4.69, 9.17) is 4.74 Å². The number of aryl methyl sites for hydroxylation is 2. The number of carbonyl (C=O) groups is 1. The summed E-state index contributed by atoms with van der Waals surface area (Å²) in [6.45, 7) is 5.24. The summed E-state index contributed by atoms with van der Waals surface area (Å²) in [4.78, 5) is 12.6. The van der Waals surface area contributed by atoms with E-state index in [9.17, 15) is 13.2 Å². The number of hydrogen-bond acceptors (Lipinski definition) is 4. The van der Waals surface area contributed by atoms with Gasteiger partial charge in [-0.25, -0.2) is 13.2 Å². The molecule has 7 heteroatoms. The molecule has 0 aliphatic heterocycles. The molecule has 0 bridgehead atoms. The molecule has 1 N–H and O–H groups in total. The van der Waals surface area contributed by atoms with Gasteiger partial charge in [-0.05, 0) is 68.7 Å². The Kier molecular flexibility index (Phi) is 9.00. The Morgan fingerprint density at radius 3 is 2.24 bits per heavy atom. The predicted molar refractivity (Wildman–Crippen MR) is 145 cm³/mol. The maximum atomic E-state index is 13.6. The molecule has 3 aromatic rings. The zero-order chi connectivity index (χ0) is 26.3. The highest BCUT2D eigenvalue weighted by atomic mass is 32.2. The summed E-state index contributed by atoms with van der Waals surface area (Å²) < 4.78 is 34.4. The van der Waals surface area contributed by atoms with E-state index in [-0.39, 0.29) is 12.0 Å². The fourth-order valence-corrected chi connectivity index (χ4v) is 6.32. The lowest BCUT2D eigenvalue weighted by Gasteiger charge is -2.32. The predicted octanol–water partition coefficient (Wildman–Crippen LogP) is 5.98. The van der Waals surface area contributed by atoms with Crippen molar-refractivity contribution in [3.8, 4) is 0 Å². The minimum absolute atomic E-state index is 0.148. The Morgan fingerprint density at radius 2 is 1.57 bits per heavy atom. The van der Waals surface area contributed by atoms with Crippen molar-refractivity contribution in [2.24, 2.45) is 5.92 Å². The lowest BCUT2D eigenvalue weighted by Crippen LogP contribution is -2.37. The van der Waals surface area contributed by atoms with Gasteiger partial charge in [0.2, 0.25) is 10.0 Å². The van der Waals surface area contributed by atoms with E-state index in [1.165, 1.54) is 5.56 Å². The second kappa shape index (κ2) is 12.4. The van der Waals surface area contributed by atoms with Crippen molar-refractivity contribution < 1.29 is 17.9 Å². The van der Waals surface area contributed by atoms with Gasteiger partial charge >= 0.3 is 6.09 Å². The van der Waals surface area contributed by atoms with Crippen molar-refractivity contribution in [1.29, 1.82) is 0 Å². The van der Waals surface area contributed by atoms with Crippen molar-refractivity contribution in [2.45, 2.75) is 63.6 Å². The van der Waals surface area contributed by atoms with Crippen LogP contribution in [0.5, 0.6) is 0 Å². The Bertz CT molecular complexity index is 1270. The fourth-order valence-electron chi connectivity index (χ4n) is 4.80. The molecule has 4 rings (SSSR count). The number of rotatable bonds is 9. The number of alkyl carbamates (subject to hydrolysis) is 1. The molecule has 1 amide bonds. The van der Waals surface area contributed by atoms with E-state index >= 15 is 0 Å². The van der Waals surface area contributed by atoms with Gasteiger partial charge in [-0.15, -0.1) is 0 Å². The molecule has 1 aliphatic rings. The molecule has 0 heterocycles. The van der Waals surface area contributed by atoms with Crippen LogP contribution in [0, 0.1) is 19.8 Å². The number of amides is 1. The molecule has 37 heavy (non-hydrogen) atoms. The van der Waals surface area contributed by atoms with Gasteiger partial charge in [-0.3, -0.25) is 0 Å². The highest BCUT2D eigenvalue weighted by molar-refractivity contribution is 7.89. The van der Waals surface area contributed by atoms with Crippen LogP contribution in [0.15, 0.2) is 83.8 Å². The van der Waals surface area contributed by atoms with Crippen LogP contribution in [0.25, 0.3) is 0 Å². The number of hydrogen-bond donors (Lipinski definition) is 1. The molecule has 0 radical (unpaired) electrons. The van der Waals surface area contributed by atoms with Gasteiger partial charge < -0.3 is 10.1 Å². The Balaban J connectivity index is 1.34. The van der Waals surface area contributed by atoms with Crippen LogP contribution < -0.4 is 5.32 Å². The molecule has 6 nitrogen and oxygen atoms in total. The van der Waals surface area contributed by atoms with Gasteiger partial charge in [0.05, 0.1) is 4.90 Å². The first-order valence-corrected chi connectivity index (χ1v) is 14.3. The smallest absolute Gasteiger partial charge is 0.407 e. The number of nitrogens with zero attached hydrogens (tertiary/aromatic N) is 1. The SMILES string of the molecule is Cc1ccc(CNC(=O)OC2CCC(CN(Cc3cccc(C)c3)S(=O)(=O)c3ccccc3)CC2)cc1. The standard InChI is InChI=1S/C30H36N2O4S/c1-23-11-13-25(14-12-23)20-31-30(33)36-28-17-15-26(16-18-28)21-32(22-27-8-6-7-24(2)19-27)37(34,35)29-9-4-3-5-10-29/h3-14,19,26,28H,15-18,20-22H2,1-2H3,(H,31,33). The average molecular weight is 521 g/mol. The van der Waals surface area contributed by atoms with Crippen molar-refractivity contribution >= 4 is 16.1 Å². The molecule has 0 unspecified atom stereocenters. The third-order valence-electron chi connectivity index (χ3n) is 6.91. The number of carbonyl (C=O) groups excluding carboxylic acids is 1. The molecular weight excluding hydrogens is 484 g/mol. The minimum Gasteiger partial charge on any atom is -0.446 e. The topological polar surface area (TPSA) is 75.7 Å². The molecule has 3 aromatic carbocycles. The second-order valence-electron chi connectivity index (χ2n) is 9.99. The fraction of sp³-hybridized carbons (Fsp3) is 0.367. The van der Waals surface area contributed by atoms with Crippen LogP contribution in [-0.2, 0) is 27.8 Å². The Morgan fingerprint density at radius 1 is 0.865 bits per heavy atom. The molecule has 1 aliphatic carbocycles. The molecule has 0 spiro atoms. The third kappa shape index (κ3) is 7.66. The summed E-state index contributed by atoms with van der Waals surface area (Å²) in [5.41, 5.74) is 4.28. The zero-order valence-electron chi connectivity index (χ0n) is 21.6. The maximum Gasteiger partial charge on any atom is 0.407 e. The first kappa shape index (κ1) is 26.9. The average Bonchev–Trinajstić information content (AvgIpc) is 2.89. The molecule has 1 fully saturated rings. The van der Waals surface area contributed by atoms with Gasteiger partial charge in [-0.1, -0.05) is 77.9 Å². The van der Waals surface area contributed by atoms with Gasteiger partial charge in [-0.2, -0.15) is 4.31 Å². The summed E-state index contributed by atoms with van der Waals surface area (Å²) in [5.74, 6) is 0.207. The van der Waals surface area contributed by atoms with Crippen LogP contribution in [0.3, 0.4) is 0 Å². The summed E-state index contributed by atoms with van der Waals surface area (Å²) in [6, 6.07) is 24.6. The van der Waals surface area contributed by atoms with Gasteiger partial charge in [0, 0.05) is 19.6 Å². The van der Waals surface area contributed by atoms with Gasteiger partial charge in [0.1, 0.15) is 6.10 Å². The second-order valence-corrected chi connectivity index (χ2v) is 11.9. The van der Waals surface area contributed by atoms with E-state index < -0.39 is 16.1 Å². The van der Waals surface area contributed by atoms with Crippen molar-refractivity contribution in [3.63, 3.8) is 0 Å². The number of sulfonamides is 1. The summed E-state index contributed by atoms with van der Waals surface area (Å²) in [7, 11) is -3.64. The Labute approximate surface area is 220 Å². The summed E-state index contributed by atoms with van der Waals surface area (Å²) >= 11 is 0. The molecular formula is C30H36N2O4S. The van der Waals surface area contributed by atoms with Crippen LogP contribution in [-0.4, -0.2) is 31.5 Å². The van der Waals surface area contributed by atoms with E-state index in [1.807, 2.05) is 68.4 Å². The van der Waals surface area contributed by atoms with Gasteiger partial charge in [0.25, 0.3) is 0 Å². The van der Waals surface area contributed by atoms with E-state index in [2.05, 4.69) is 5.32 Å². The zero-order valence-corrected chi connectivity index (χ0v) is 22.4. The summed E-state index contributed by atoms with van der Waals surface area (Å²) in [6.07, 6.45) is 2.52. The lowest BCUT2D eigenvalue weighted by molar-refractivity contribution is 0.0614. The van der Waals surface area contributed by atoms with E-state index in [0.29, 0.717) is 24.5 Å². The van der Waals surface area contributed by atoms with Crippen LogP contribution in [0.2, 0.25) is 0 Å². The van der Waals surface area contributed by atoms with Crippen molar-refractivity contribution in [3.05, 3.63) is 101 Å².